The molecule has 0 saturated carbocycles. The number of anilines is 1. The number of para-hydroxylation sites is 1. The molecule has 6 heteroatoms. The van der Waals surface area contributed by atoms with E-state index >= 15 is 0 Å². The third-order valence-corrected chi connectivity index (χ3v) is 4.12. The van der Waals surface area contributed by atoms with Crippen LogP contribution in [0.25, 0.3) is 0 Å². The molecule has 0 bridgehead atoms. The Bertz CT molecular complexity index is 680. The van der Waals surface area contributed by atoms with Crippen molar-refractivity contribution in [2.24, 2.45) is 12.0 Å². The molecule has 0 fully saturated rings. The van der Waals surface area contributed by atoms with Crippen molar-refractivity contribution in [1.29, 1.82) is 0 Å². The van der Waals surface area contributed by atoms with Crippen LogP contribution in [0, 0.1) is 0 Å². The van der Waals surface area contributed by atoms with E-state index in [9.17, 15) is 0 Å². The second kappa shape index (κ2) is 9.05. The number of hydrogen-bond acceptors (Lipinski definition) is 2. The average Bonchev–Trinajstić information content (AvgIpc) is 3.17. The fourth-order valence-electron chi connectivity index (χ4n) is 3.02. The monoisotopic (exact) mass is 439 g/mol. The standard InChI is InChI=1S/C18H25N5.HI/c1-3-19-18(20-11-6-7-15-13-21-22(2)14-15)23-12-10-16-8-4-5-9-17(16)23;/h4-5,8-9,13-14H,3,6-7,10-12H2,1-2H3,(H,19,20);1H. The van der Waals surface area contributed by atoms with E-state index in [1.807, 2.05) is 17.9 Å². The molecule has 0 saturated heterocycles. The number of rotatable bonds is 5. The van der Waals surface area contributed by atoms with Crippen LogP contribution in [0.15, 0.2) is 41.7 Å². The van der Waals surface area contributed by atoms with Crippen molar-refractivity contribution < 1.29 is 0 Å². The smallest absolute Gasteiger partial charge is 0.198 e. The van der Waals surface area contributed by atoms with Gasteiger partial charge in [-0.05, 0) is 43.4 Å². The lowest BCUT2D eigenvalue weighted by atomic mass is 10.2. The average molecular weight is 439 g/mol. The number of aryl methyl sites for hydroxylation is 2. The van der Waals surface area contributed by atoms with Crippen LogP contribution in [0.2, 0.25) is 0 Å². The molecular weight excluding hydrogens is 413 g/mol. The molecule has 1 N–H and O–H groups in total. The molecule has 0 atom stereocenters. The molecule has 130 valence electrons. The number of aromatic nitrogens is 2. The molecule has 1 aromatic carbocycles. The van der Waals surface area contributed by atoms with Crippen LogP contribution in [0.5, 0.6) is 0 Å². The molecule has 2 aromatic rings. The third kappa shape index (κ3) is 4.49. The number of benzene rings is 1. The normalized spacial score (nSPS) is 13.6. The Morgan fingerprint density at radius 1 is 1.33 bits per heavy atom. The highest BCUT2D eigenvalue weighted by Gasteiger charge is 2.22. The lowest BCUT2D eigenvalue weighted by molar-refractivity contribution is 0.765. The molecule has 0 radical (unpaired) electrons. The Labute approximate surface area is 161 Å². The maximum atomic E-state index is 4.82. The summed E-state index contributed by atoms with van der Waals surface area (Å²) < 4.78 is 1.85. The van der Waals surface area contributed by atoms with Crippen molar-refractivity contribution in [3.05, 3.63) is 47.8 Å². The molecule has 0 spiro atoms. The van der Waals surface area contributed by atoms with Crippen LogP contribution < -0.4 is 10.2 Å². The lowest BCUT2D eigenvalue weighted by Gasteiger charge is -2.22. The number of nitrogens with one attached hydrogen (secondary N) is 1. The van der Waals surface area contributed by atoms with Gasteiger partial charge >= 0.3 is 0 Å². The number of nitrogens with zero attached hydrogens (tertiary/aromatic N) is 4. The van der Waals surface area contributed by atoms with Gasteiger partial charge in [0.2, 0.25) is 0 Å². The zero-order valence-corrected chi connectivity index (χ0v) is 16.7. The fraction of sp³-hybridized carbons (Fsp3) is 0.444. The predicted molar refractivity (Wildman–Crippen MR) is 110 cm³/mol. The number of guanidine groups is 1. The largest absolute Gasteiger partial charge is 0.356 e. The second-order valence-corrected chi connectivity index (χ2v) is 5.89. The predicted octanol–water partition coefficient (Wildman–Crippen LogP) is 3.00. The number of hydrogen-bond donors (Lipinski definition) is 1. The van der Waals surface area contributed by atoms with Crippen LogP contribution in [-0.4, -0.2) is 35.4 Å². The minimum atomic E-state index is 0. The van der Waals surface area contributed by atoms with Crippen LogP contribution in [0.1, 0.15) is 24.5 Å². The summed E-state index contributed by atoms with van der Waals surface area (Å²) in [5, 5.41) is 7.64. The van der Waals surface area contributed by atoms with E-state index in [1.165, 1.54) is 16.8 Å². The van der Waals surface area contributed by atoms with Gasteiger partial charge in [-0.2, -0.15) is 5.10 Å². The Kier molecular flexibility index (Phi) is 7.08. The van der Waals surface area contributed by atoms with E-state index in [0.29, 0.717) is 0 Å². The van der Waals surface area contributed by atoms with E-state index in [1.54, 1.807) is 0 Å². The van der Waals surface area contributed by atoms with Crippen molar-refractivity contribution in [2.75, 3.05) is 24.5 Å². The zero-order chi connectivity index (χ0) is 16.1. The number of fused-ring (bicyclic) bond motifs is 1. The molecular formula is C18H26IN5. The first kappa shape index (κ1) is 18.8. The maximum Gasteiger partial charge on any atom is 0.198 e. The van der Waals surface area contributed by atoms with Crippen molar-refractivity contribution in [3.63, 3.8) is 0 Å². The van der Waals surface area contributed by atoms with Gasteiger partial charge in [-0.15, -0.1) is 24.0 Å². The van der Waals surface area contributed by atoms with E-state index in [4.69, 9.17) is 4.99 Å². The molecule has 0 unspecified atom stereocenters. The van der Waals surface area contributed by atoms with Gasteiger partial charge in [0.15, 0.2) is 5.96 Å². The maximum absolute atomic E-state index is 4.82. The molecule has 1 aliphatic rings. The summed E-state index contributed by atoms with van der Waals surface area (Å²) in [5.74, 6) is 1.00. The topological polar surface area (TPSA) is 45.5 Å². The quantitative estimate of drug-likeness (QED) is 0.337. The van der Waals surface area contributed by atoms with Crippen molar-refractivity contribution in [3.8, 4) is 0 Å². The summed E-state index contributed by atoms with van der Waals surface area (Å²) in [6.45, 7) is 4.84. The van der Waals surface area contributed by atoms with Gasteiger partial charge in [0.05, 0.1) is 6.20 Å². The highest BCUT2D eigenvalue weighted by atomic mass is 127. The van der Waals surface area contributed by atoms with E-state index in [0.717, 1.165) is 44.9 Å². The summed E-state index contributed by atoms with van der Waals surface area (Å²) in [4.78, 5) is 7.13. The fourth-order valence-corrected chi connectivity index (χ4v) is 3.02. The first-order valence-electron chi connectivity index (χ1n) is 8.39. The van der Waals surface area contributed by atoms with Gasteiger partial charge in [-0.25, -0.2) is 0 Å². The summed E-state index contributed by atoms with van der Waals surface area (Å²) in [6, 6.07) is 8.61. The third-order valence-electron chi connectivity index (χ3n) is 4.12. The molecule has 1 aromatic heterocycles. The van der Waals surface area contributed by atoms with E-state index < -0.39 is 0 Å². The molecule has 2 heterocycles. The van der Waals surface area contributed by atoms with Crippen molar-refractivity contribution >= 4 is 35.6 Å². The molecule has 3 rings (SSSR count). The zero-order valence-electron chi connectivity index (χ0n) is 14.4. The van der Waals surface area contributed by atoms with Crippen molar-refractivity contribution in [1.82, 2.24) is 15.1 Å². The Morgan fingerprint density at radius 3 is 2.92 bits per heavy atom. The van der Waals surface area contributed by atoms with Gasteiger partial charge in [-0.3, -0.25) is 9.67 Å². The van der Waals surface area contributed by atoms with Gasteiger partial charge in [0.1, 0.15) is 0 Å². The first-order valence-corrected chi connectivity index (χ1v) is 8.39. The van der Waals surface area contributed by atoms with E-state index in [-0.39, 0.29) is 24.0 Å². The minimum Gasteiger partial charge on any atom is -0.356 e. The second-order valence-electron chi connectivity index (χ2n) is 5.89. The molecule has 24 heavy (non-hydrogen) atoms. The van der Waals surface area contributed by atoms with Gasteiger partial charge in [-0.1, -0.05) is 18.2 Å². The van der Waals surface area contributed by atoms with Gasteiger partial charge in [0, 0.05) is 38.6 Å². The lowest BCUT2D eigenvalue weighted by Crippen LogP contribution is -2.40. The van der Waals surface area contributed by atoms with Gasteiger partial charge in [0.25, 0.3) is 0 Å². The highest BCUT2D eigenvalue weighted by Crippen LogP contribution is 2.27. The van der Waals surface area contributed by atoms with Gasteiger partial charge < -0.3 is 10.2 Å². The summed E-state index contributed by atoms with van der Waals surface area (Å²) in [6.07, 6.45) is 7.16. The molecule has 0 amide bonds. The number of aliphatic imine (C=N–C) groups is 1. The van der Waals surface area contributed by atoms with Crippen LogP contribution in [0.4, 0.5) is 5.69 Å². The highest BCUT2D eigenvalue weighted by molar-refractivity contribution is 14.0. The Morgan fingerprint density at radius 2 is 2.17 bits per heavy atom. The Balaban J connectivity index is 0.00000208. The summed E-state index contributed by atoms with van der Waals surface area (Å²) >= 11 is 0. The van der Waals surface area contributed by atoms with Crippen LogP contribution >= 0.6 is 24.0 Å². The molecule has 1 aliphatic heterocycles. The summed E-state index contributed by atoms with van der Waals surface area (Å²) in [7, 11) is 1.95. The minimum absolute atomic E-state index is 0. The SMILES string of the molecule is CCNC(=NCCCc1cnn(C)c1)N1CCc2ccccc21.I. The van der Waals surface area contributed by atoms with Crippen molar-refractivity contribution in [2.45, 2.75) is 26.2 Å². The summed E-state index contributed by atoms with van der Waals surface area (Å²) in [5.41, 5.74) is 3.98. The Hall–Kier alpha value is -1.57. The first-order chi connectivity index (χ1) is 11.3. The van der Waals surface area contributed by atoms with Crippen LogP contribution in [-0.2, 0) is 19.9 Å². The molecule has 5 nitrogen and oxygen atoms in total. The molecule has 0 aliphatic carbocycles. The number of halogens is 1. The van der Waals surface area contributed by atoms with E-state index in [2.05, 4.69) is 52.7 Å². The van der Waals surface area contributed by atoms with Crippen LogP contribution in [0.3, 0.4) is 0 Å².